The van der Waals surface area contributed by atoms with E-state index in [9.17, 15) is 22.8 Å². The first-order valence-corrected chi connectivity index (χ1v) is 10.6. The van der Waals surface area contributed by atoms with Crippen LogP contribution in [0.2, 0.25) is 0 Å². The molecule has 0 saturated carbocycles. The van der Waals surface area contributed by atoms with Crippen molar-refractivity contribution < 1.29 is 27.5 Å². The van der Waals surface area contributed by atoms with E-state index in [2.05, 4.69) is 20.8 Å². The monoisotopic (exact) mass is 510 g/mol. The van der Waals surface area contributed by atoms with Gasteiger partial charge in [0.15, 0.2) is 0 Å². The first-order chi connectivity index (χ1) is 17.6. The van der Waals surface area contributed by atoms with Crippen molar-refractivity contribution in [3.63, 3.8) is 0 Å². The van der Waals surface area contributed by atoms with E-state index >= 15 is 0 Å². The lowest BCUT2D eigenvalue weighted by Crippen LogP contribution is -2.43. The van der Waals surface area contributed by atoms with E-state index in [1.807, 2.05) is 18.2 Å². The van der Waals surface area contributed by atoms with Gasteiger partial charge in [0.05, 0.1) is 5.56 Å². The van der Waals surface area contributed by atoms with Crippen molar-refractivity contribution in [2.24, 2.45) is 21.7 Å². The molecule has 0 radical (unpaired) electrons. The summed E-state index contributed by atoms with van der Waals surface area (Å²) in [5.74, 6) is -1.40. The van der Waals surface area contributed by atoms with E-state index in [1.165, 1.54) is 30.3 Å². The second kappa shape index (κ2) is 12.0. The van der Waals surface area contributed by atoms with E-state index in [0.29, 0.717) is 11.5 Å². The molecule has 0 aliphatic rings. The molecular formula is C25H21F3N6O3. The number of amides is 2. The number of nitrogens with zero attached hydrogens (tertiary/aromatic N) is 2. The molecule has 6 N–H and O–H groups in total. The molecule has 2 amide bonds. The highest BCUT2D eigenvalue weighted by Gasteiger charge is 2.32. The average Bonchev–Trinajstić information content (AvgIpc) is 2.86. The standard InChI is InChI=1S/C25H21F3N6O3/c26-25(27,28)20-9-5-4-6-16(20)12-15-21(35)31-24(34-33-23(29)30)32-22(36)17-10-13-19(14-11-17)37-18-7-2-1-3-8-18/h1-15H,(H4,29,30,33)(H2,31,32,34,35,36). The van der Waals surface area contributed by atoms with E-state index in [1.54, 1.807) is 24.3 Å². The van der Waals surface area contributed by atoms with Gasteiger partial charge in [0, 0.05) is 11.6 Å². The van der Waals surface area contributed by atoms with Gasteiger partial charge in [-0.25, -0.2) is 0 Å². The highest BCUT2D eigenvalue weighted by molar-refractivity contribution is 6.12. The number of alkyl halides is 3. The largest absolute Gasteiger partial charge is 0.457 e. The van der Waals surface area contributed by atoms with Crippen LogP contribution in [0.15, 0.2) is 95.1 Å². The molecule has 0 aliphatic carbocycles. The predicted octanol–water partition coefficient (Wildman–Crippen LogP) is 3.60. The Morgan fingerprint density at radius 2 is 1.43 bits per heavy atom. The van der Waals surface area contributed by atoms with Crippen LogP contribution in [-0.4, -0.2) is 23.7 Å². The van der Waals surface area contributed by atoms with Crippen LogP contribution in [0.4, 0.5) is 13.2 Å². The third-order valence-corrected chi connectivity index (χ3v) is 4.51. The van der Waals surface area contributed by atoms with Gasteiger partial charge in [-0.15, -0.1) is 10.2 Å². The number of nitrogens with two attached hydrogens (primary N) is 2. The second-order valence-electron chi connectivity index (χ2n) is 7.27. The highest BCUT2D eigenvalue weighted by Crippen LogP contribution is 2.32. The summed E-state index contributed by atoms with van der Waals surface area (Å²) in [5, 5.41) is 11.5. The van der Waals surface area contributed by atoms with Crippen LogP contribution >= 0.6 is 0 Å². The number of benzene rings is 3. The van der Waals surface area contributed by atoms with Gasteiger partial charge in [0.25, 0.3) is 11.8 Å². The fourth-order valence-corrected chi connectivity index (χ4v) is 2.89. The molecule has 0 aromatic heterocycles. The number of hydrogen-bond donors (Lipinski definition) is 4. The first kappa shape index (κ1) is 26.5. The van der Waals surface area contributed by atoms with E-state index in [-0.39, 0.29) is 11.1 Å². The SMILES string of the molecule is NC(N)=NN=C(NC(=O)C=Cc1ccccc1C(F)(F)F)NC(=O)c1ccc(Oc2ccccc2)cc1. The molecule has 0 atom stereocenters. The van der Waals surface area contributed by atoms with Crippen molar-refractivity contribution in [1.82, 2.24) is 10.6 Å². The molecule has 0 unspecified atom stereocenters. The van der Waals surface area contributed by atoms with Crippen molar-refractivity contribution in [2.75, 3.05) is 0 Å². The molecule has 12 heteroatoms. The number of ether oxygens (including phenoxy) is 1. The zero-order valence-corrected chi connectivity index (χ0v) is 19.1. The number of carbonyl (C=O) groups excluding carboxylic acids is 2. The van der Waals surface area contributed by atoms with Crippen LogP contribution in [0, 0.1) is 0 Å². The molecule has 0 aliphatic heterocycles. The Balaban J connectivity index is 1.70. The summed E-state index contributed by atoms with van der Waals surface area (Å²) < 4.78 is 45.1. The number of hydrogen-bond acceptors (Lipinski definition) is 5. The van der Waals surface area contributed by atoms with Crippen LogP contribution in [0.5, 0.6) is 11.5 Å². The van der Waals surface area contributed by atoms with Gasteiger partial charge in [0.1, 0.15) is 11.5 Å². The lowest BCUT2D eigenvalue weighted by atomic mass is 10.1. The molecule has 190 valence electrons. The number of rotatable bonds is 6. The topological polar surface area (TPSA) is 144 Å². The maximum Gasteiger partial charge on any atom is 0.416 e. The molecule has 3 aromatic rings. The quantitative estimate of drug-likeness (QED) is 0.173. The number of carbonyl (C=O) groups is 2. The summed E-state index contributed by atoms with van der Waals surface area (Å²) >= 11 is 0. The zero-order chi connectivity index (χ0) is 26.8. The Morgan fingerprint density at radius 3 is 2.08 bits per heavy atom. The minimum absolute atomic E-state index is 0.182. The van der Waals surface area contributed by atoms with E-state index in [0.717, 1.165) is 18.2 Å². The van der Waals surface area contributed by atoms with Gasteiger partial charge >= 0.3 is 6.18 Å². The van der Waals surface area contributed by atoms with Crippen LogP contribution in [-0.2, 0) is 11.0 Å². The maximum atomic E-state index is 13.2. The van der Waals surface area contributed by atoms with Crippen LogP contribution < -0.4 is 26.8 Å². The van der Waals surface area contributed by atoms with Crippen LogP contribution in [0.1, 0.15) is 21.5 Å². The Labute approximate surface area is 209 Å². The van der Waals surface area contributed by atoms with Gasteiger partial charge in [0.2, 0.25) is 11.9 Å². The molecule has 9 nitrogen and oxygen atoms in total. The molecule has 3 rings (SSSR count). The summed E-state index contributed by atoms with van der Waals surface area (Å²) in [6.45, 7) is 0. The van der Waals surface area contributed by atoms with Crippen molar-refractivity contribution in [3.05, 3.63) is 102 Å². The number of nitrogens with one attached hydrogen (secondary N) is 2. The predicted molar refractivity (Wildman–Crippen MR) is 132 cm³/mol. The van der Waals surface area contributed by atoms with Crippen molar-refractivity contribution in [3.8, 4) is 11.5 Å². The zero-order valence-electron chi connectivity index (χ0n) is 19.1. The first-order valence-electron chi connectivity index (χ1n) is 10.6. The summed E-state index contributed by atoms with van der Waals surface area (Å²) in [5.41, 5.74) is 9.53. The molecule has 0 bridgehead atoms. The minimum atomic E-state index is -4.60. The lowest BCUT2D eigenvalue weighted by Gasteiger charge is -2.10. The highest BCUT2D eigenvalue weighted by atomic mass is 19.4. The molecule has 0 heterocycles. The van der Waals surface area contributed by atoms with Crippen molar-refractivity contribution in [1.29, 1.82) is 0 Å². The van der Waals surface area contributed by atoms with E-state index < -0.39 is 35.5 Å². The maximum absolute atomic E-state index is 13.2. The molecular weight excluding hydrogens is 489 g/mol. The Hall–Kier alpha value is -5.13. The second-order valence-corrected chi connectivity index (χ2v) is 7.27. The molecule has 0 spiro atoms. The third kappa shape index (κ3) is 8.24. The Morgan fingerprint density at radius 1 is 0.811 bits per heavy atom. The van der Waals surface area contributed by atoms with Gasteiger partial charge < -0.3 is 16.2 Å². The summed E-state index contributed by atoms with van der Waals surface area (Å²) in [6.07, 6.45) is -2.78. The van der Waals surface area contributed by atoms with Gasteiger partial charge in [-0.05, 0) is 54.1 Å². The van der Waals surface area contributed by atoms with Gasteiger partial charge in [-0.1, -0.05) is 36.4 Å². The van der Waals surface area contributed by atoms with Gasteiger partial charge in [-0.3, -0.25) is 20.2 Å². The van der Waals surface area contributed by atoms with Crippen LogP contribution in [0.3, 0.4) is 0 Å². The van der Waals surface area contributed by atoms with Crippen molar-refractivity contribution in [2.45, 2.75) is 6.18 Å². The summed E-state index contributed by atoms with van der Waals surface area (Å²) in [7, 11) is 0. The Bertz CT molecular complexity index is 1330. The lowest BCUT2D eigenvalue weighted by molar-refractivity contribution is -0.137. The summed E-state index contributed by atoms with van der Waals surface area (Å²) in [4.78, 5) is 25.0. The number of guanidine groups is 2. The van der Waals surface area contributed by atoms with Crippen molar-refractivity contribution >= 4 is 29.8 Å². The molecule has 3 aromatic carbocycles. The summed E-state index contributed by atoms with van der Waals surface area (Å²) in [6, 6.07) is 19.8. The fraction of sp³-hybridized carbons (Fsp3) is 0.0400. The number of halogens is 3. The van der Waals surface area contributed by atoms with Gasteiger partial charge in [-0.2, -0.15) is 13.2 Å². The van der Waals surface area contributed by atoms with Crippen LogP contribution in [0.25, 0.3) is 6.08 Å². The third-order valence-electron chi connectivity index (χ3n) is 4.51. The van der Waals surface area contributed by atoms with E-state index in [4.69, 9.17) is 16.2 Å². The Kier molecular flexibility index (Phi) is 8.60. The smallest absolute Gasteiger partial charge is 0.416 e. The molecule has 37 heavy (non-hydrogen) atoms. The average molecular weight is 510 g/mol. The molecule has 0 saturated heterocycles. The number of para-hydroxylation sites is 1. The normalized spacial score (nSPS) is 11.6. The fourth-order valence-electron chi connectivity index (χ4n) is 2.89. The molecule has 0 fully saturated rings. The minimum Gasteiger partial charge on any atom is -0.457 e.